The molecule has 1 aliphatic heterocycles. The third kappa shape index (κ3) is 5.14. The van der Waals surface area contributed by atoms with Gasteiger partial charge in [0, 0.05) is 12.3 Å². The fourth-order valence-electron chi connectivity index (χ4n) is 3.72. The molecule has 0 saturated carbocycles. The molecule has 4 rings (SSSR count). The van der Waals surface area contributed by atoms with Crippen LogP contribution in [-0.2, 0) is 14.8 Å². The molecule has 1 amide bonds. The van der Waals surface area contributed by atoms with E-state index in [1.54, 1.807) is 0 Å². The maximum atomic E-state index is 14.2. The van der Waals surface area contributed by atoms with E-state index in [0.29, 0.717) is 6.61 Å². The third-order valence-corrected chi connectivity index (χ3v) is 7.49. The highest BCUT2D eigenvalue weighted by atomic mass is 35.5. The Balaban J connectivity index is 1.73. The third-order valence-electron chi connectivity index (χ3n) is 5.40. The molecular weight excluding hydrogens is 509 g/mol. The molecule has 8 nitrogen and oxygen atoms in total. The van der Waals surface area contributed by atoms with E-state index in [2.05, 4.69) is 5.32 Å². The van der Waals surface area contributed by atoms with Gasteiger partial charge in [-0.1, -0.05) is 23.7 Å². The van der Waals surface area contributed by atoms with Gasteiger partial charge in [0.05, 0.1) is 46.0 Å². The number of hydrogen-bond acceptors (Lipinski definition) is 6. The summed E-state index contributed by atoms with van der Waals surface area (Å²) in [4.78, 5) is 12.6. The Hall–Kier alpha value is -3.65. The van der Waals surface area contributed by atoms with Crippen molar-refractivity contribution in [2.24, 2.45) is 0 Å². The summed E-state index contributed by atoms with van der Waals surface area (Å²) in [5.41, 5.74) is 0.236. The second kappa shape index (κ2) is 10.5. The molecule has 11 heteroatoms. The van der Waals surface area contributed by atoms with Crippen molar-refractivity contribution < 1.29 is 27.1 Å². The molecule has 1 heterocycles. The fraction of sp³-hybridized carbons (Fsp3) is 0.200. The summed E-state index contributed by atoms with van der Waals surface area (Å²) in [6.45, 7) is 2.33. The van der Waals surface area contributed by atoms with Gasteiger partial charge in [-0.3, -0.25) is 9.10 Å². The Labute approximate surface area is 212 Å². The Morgan fingerprint density at radius 3 is 2.75 bits per heavy atom. The number of halogens is 2. The van der Waals surface area contributed by atoms with Gasteiger partial charge in [0.1, 0.15) is 17.7 Å². The van der Waals surface area contributed by atoms with Gasteiger partial charge in [-0.25, -0.2) is 12.8 Å². The number of nitrogens with one attached hydrogen (secondary N) is 1. The van der Waals surface area contributed by atoms with Gasteiger partial charge in [-0.2, -0.15) is 5.26 Å². The number of carbonyl (C=O) groups is 1. The zero-order chi connectivity index (χ0) is 25.9. The van der Waals surface area contributed by atoms with Gasteiger partial charge in [0.15, 0.2) is 0 Å². The summed E-state index contributed by atoms with van der Waals surface area (Å²) < 4.78 is 54.0. The van der Waals surface area contributed by atoms with E-state index in [1.807, 2.05) is 13.0 Å². The monoisotopic (exact) mass is 529 g/mol. The molecule has 186 valence electrons. The van der Waals surface area contributed by atoms with E-state index in [1.165, 1.54) is 54.6 Å². The first-order chi connectivity index (χ1) is 17.2. The lowest BCUT2D eigenvalue weighted by atomic mass is 10.1. The van der Waals surface area contributed by atoms with Gasteiger partial charge in [-0.05, 0) is 55.5 Å². The first kappa shape index (κ1) is 25.4. The predicted molar refractivity (Wildman–Crippen MR) is 132 cm³/mol. The molecule has 3 aromatic carbocycles. The molecule has 1 aliphatic rings. The highest BCUT2D eigenvalue weighted by Crippen LogP contribution is 2.39. The van der Waals surface area contributed by atoms with Crippen LogP contribution < -0.4 is 14.4 Å². The molecule has 1 unspecified atom stereocenters. The number of ether oxygens (including phenoxy) is 2. The SMILES string of the molecule is CCOCC1CN(S(=O)(=O)c2cccc(C#N)c2)c2cc(NC(=O)c3c(F)cccc3Cl)ccc2O1. The number of nitriles is 1. The molecule has 0 aromatic heterocycles. The number of fused-ring (bicyclic) bond motifs is 1. The molecule has 0 fully saturated rings. The predicted octanol–water partition coefficient (Wildman–Crippen LogP) is 4.60. The minimum absolute atomic E-state index is 0.0610. The maximum absolute atomic E-state index is 14.2. The molecule has 36 heavy (non-hydrogen) atoms. The van der Waals surface area contributed by atoms with Crippen LogP contribution in [0.5, 0.6) is 5.75 Å². The topological polar surface area (TPSA) is 109 Å². The lowest BCUT2D eigenvalue weighted by Crippen LogP contribution is -2.45. The zero-order valence-electron chi connectivity index (χ0n) is 19.1. The van der Waals surface area contributed by atoms with Crippen molar-refractivity contribution in [1.82, 2.24) is 0 Å². The molecule has 0 spiro atoms. The van der Waals surface area contributed by atoms with Crippen LogP contribution in [0.25, 0.3) is 0 Å². The summed E-state index contributed by atoms with van der Waals surface area (Å²) >= 11 is 6.00. The lowest BCUT2D eigenvalue weighted by Gasteiger charge is -2.35. The van der Waals surface area contributed by atoms with Crippen LogP contribution in [0.4, 0.5) is 15.8 Å². The van der Waals surface area contributed by atoms with Crippen molar-refractivity contribution in [3.05, 3.63) is 82.6 Å². The highest BCUT2D eigenvalue weighted by Gasteiger charge is 2.35. The van der Waals surface area contributed by atoms with Crippen LogP contribution in [0.2, 0.25) is 5.02 Å². The number of anilines is 2. The number of sulfonamides is 1. The smallest absolute Gasteiger partial charge is 0.264 e. The summed E-state index contributed by atoms with van der Waals surface area (Å²) in [5.74, 6) is -1.32. The lowest BCUT2D eigenvalue weighted by molar-refractivity contribution is 0.0577. The fourth-order valence-corrected chi connectivity index (χ4v) is 5.51. The van der Waals surface area contributed by atoms with E-state index in [9.17, 15) is 22.9 Å². The standard InChI is InChI=1S/C25H21ClFN3O5S/c1-2-34-15-18-14-30(36(32,33)19-6-3-5-16(11-19)13-28)22-12-17(9-10-23(22)35-18)29-25(31)24-20(26)7-4-8-21(24)27/h3-12,18H,2,14-15H2,1H3,(H,29,31). The molecule has 1 atom stereocenters. The molecule has 0 aliphatic carbocycles. The normalized spacial score (nSPS) is 14.9. The zero-order valence-corrected chi connectivity index (χ0v) is 20.6. The number of nitrogens with zero attached hydrogens (tertiary/aromatic N) is 2. The minimum Gasteiger partial charge on any atom is -0.484 e. The van der Waals surface area contributed by atoms with E-state index >= 15 is 0 Å². The van der Waals surface area contributed by atoms with E-state index in [4.69, 9.17) is 21.1 Å². The number of amides is 1. The van der Waals surface area contributed by atoms with Crippen molar-refractivity contribution in [2.45, 2.75) is 17.9 Å². The first-order valence-corrected chi connectivity index (χ1v) is 12.7. The van der Waals surface area contributed by atoms with Crippen LogP contribution in [0.1, 0.15) is 22.8 Å². The van der Waals surface area contributed by atoms with E-state index < -0.39 is 27.9 Å². The molecule has 0 bridgehead atoms. The largest absolute Gasteiger partial charge is 0.484 e. The molecular formula is C25H21ClFN3O5S. The van der Waals surface area contributed by atoms with Crippen molar-refractivity contribution in [3.8, 4) is 11.8 Å². The molecule has 3 aromatic rings. The average Bonchev–Trinajstić information content (AvgIpc) is 2.87. The molecule has 0 saturated heterocycles. The Morgan fingerprint density at radius 1 is 1.25 bits per heavy atom. The van der Waals surface area contributed by atoms with Gasteiger partial charge in [0.2, 0.25) is 0 Å². The first-order valence-electron chi connectivity index (χ1n) is 10.9. The van der Waals surface area contributed by atoms with Crippen LogP contribution in [0.15, 0.2) is 65.6 Å². The van der Waals surface area contributed by atoms with Crippen molar-refractivity contribution in [2.75, 3.05) is 29.4 Å². The van der Waals surface area contributed by atoms with Gasteiger partial charge in [0.25, 0.3) is 15.9 Å². The summed E-state index contributed by atoms with van der Waals surface area (Å²) in [7, 11) is -4.12. The van der Waals surface area contributed by atoms with Crippen LogP contribution >= 0.6 is 11.6 Å². The van der Waals surface area contributed by atoms with Crippen LogP contribution in [0.3, 0.4) is 0 Å². The summed E-state index contributed by atoms with van der Waals surface area (Å²) in [5, 5.41) is 11.7. The number of carbonyl (C=O) groups excluding carboxylic acids is 1. The Kier molecular flexibility index (Phi) is 7.45. The minimum atomic E-state index is -4.12. The van der Waals surface area contributed by atoms with Crippen LogP contribution in [0, 0.1) is 17.1 Å². The van der Waals surface area contributed by atoms with E-state index in [0.717, 1.165) is 10.4 Å². The average molecular weight is 530 g/mol. The second-order valence-corrected chi connectivity index (χ2v) is 10.1. The second-order valence-electron chi connectivity index (χ2n) is 7.81. The Morgan fingerprint density at radius 2 is 2.03 bits per heavy atom. The highest BCUT2D eigenvalue weighted by molar-refractivity contribution is 7.92. The van der Waals surface area contributed by atoms with Crippen LogP contribution in [-0.4, -0.2) is 40.2 Å². The number of rotatable bonds is 7. The quantitative estimate of drug-likeness (QED) is 0.479. The van der Waals surface area contributed by atoms with Crippen molar-refractivity contribution >= 4 is 38.9 Å². The summed E-state index contributed by atoms with van der Waals surface area (Å²) in [6, 6.07) is 15.9. The number of benzene rings is 3. The van der Waals surface area contributed by atoms with Crippen molar-refractivity contribution in [3.63, 3.8) is 0 Å². The summed E-state index contributed by atoms with van der Waals surface area (Å²) in [6.07, 6.45) is -0.593. The van der Waals surface area contributed by atoms with E-state index in [-0.39, 0.29) is 51.3 Å². The van der Waals surface area contributed by atoms with Gasteiger partial charge >= 0.3 is 0 Å². The molecule has 1 N–H and O–H groups in total. The van der Waals surface area contributed by atoms with Gasteiger partial charge < -0.3 is 14.8 Å². The maximum Gasteiger partial charge on any atom is 0.264 e. The number of hydrogen-bond donors (Lipinski definition) is 1. The Bertz CT molecular complexity index is 1440. The van der Waals surface area contributed by atoms with Gasteiger partial charge in [-0.15, -0.1) is 0 Å². The van der Waals surface area contributed by atoms with Crippen molar-refractivity contribution in [1.29, 1.82) is 5.26 Å². The molecule has 0 radical (unpaired) electrons.